The number of hydrogen-bond acceptors (Lipinski definition) is 4. The van der Waals surface area contributed by atoms with Gasteiger partial charge in [-0.1, -0.05) is 60.1 Å². The van der Waals surface area contributed by atoms with Crippen molar-refractivity contribution in [1.29, 1.82) is 0 Å². The molecule has 5 aromatic rings. The Hall–Kier alpha value is -3.84. The third-order valence-corrected chi connectivity index (χ3v) is 6.33. The largest absolute Gasteiger partial charge is 0.370 e. The number of nitrogens with one attached hydrogen (secondary N) is 2. The van der Waals surface area contributed by atoms with Crippen LogP contribution in [0.4, 0.5) is 5.82 Å². The van der Waals surface area contributed by atoms with Gasteiger partial charge >= 0.3 is 0 Å². The van der Waals surface area contributed by atoms with Gasteiger partial charge in [0.2, 0.25) is 0 Å². The van der Waals surface area contributed by atoms with Gasteiger partial charge in [-0.25, -0.2) is 4.98 Å². The van der Waals surface area contributed by atoms with Gasteiger partial charge in [0, 0.05) is 41.5 Å². The van der Waals surface area contributed by atoms with Crippen LogP contribution >= 0.6 is 11.6 Å². The van der Waals surface area contributed by atoms with E-state index in [9.17, 15) is 4.79 Å². The Morgan fingerprint density at radius 2 is 1.71 bits per heavy atom. The number of fused-ring (bicyclic) bond motifs is 2. The van der Waals surface area contributed by atoms with Crippen LogP contribution < -0.4 is 16.1 Å². The van der Waals surface area contributed by atoms with Gasteiger partial charge in [0.05, 0.1) is 5.69 Å². The molecule has 0 saturated heterocycles. The van der Waals surface area contributed by atoms with Crippen molar-refractivity contribution in [1.82, 2.24) is 19.9 Å². The van der Waals surface area contributed by atoms with Gasteiger partial charge in [0.15, 0.2) is 5.65 Å². The average Bonchev–Trinajstić information content (AvgIpc) is 3.26. The Morgan fingerprint density at radius 3 is 2.57 bits per heavy atom. The van der Waals surface area contributed by atoms with Crippen LogP contribution in [0.5, 0.6) is 0 Å². The SMILES string of the molecule is Bc1cnn2c(NCCCCNC(=O)c3ccc4ccccc4c3)cc(-c3ccccc3Cl)nc12. The highest BCUT2D eigenvalue weighted by molar-refractivity contribution is 6.36. The van der Waals surface area contributed by atoms with E-state index in [1.807, 2.05) is 91.4 Å². The molecule has 0 aliphatic heterocycles. The fourth-order valence-corrected chi connectivity index (χ4v) is 4.34. The van der Waals surface area contributed by atoms with Crippen LogP contribution in [0.3, 0.4) is 0 Å². The minimum Gasteiger partial charge on any atom is -0.370 e. The molecule has 2 heterocycles. The summed E-state index contributed by atoms with van der Waals surface area (Å²) in [4.78, 5) is 17.3. The minimum absolute atomic E-state index is 0.0454. The summed E-state index contributed by atoms with van der Waals surface area (Å²) in [5.41, 5.74) is 4.17. The topological polar surface area (TPSA) is 71.3 Å². The molecule has 2 aromatic heterocycles. The smallest absolute Gasteiger partial charge is 0.251 e. The first-order chi connectivity index (χ1) is 17.1. The summed E-state index contributed by atoms with van der Waals surface area (Å²) in [6.45, 7) is 1.36. The molecule has 0 fully saturated rings. The van der Waals surface area contributed by atoms with Crippen molar-refractivity contribution in [2.24, 2.45) is 0 Å². The highest BCUT2D eigenvalue weighted by Crippen LogP contribution is 2.28. The highest BCUT2D eigenvalue weighted by Gasteiger charge is 2.12. The number of rotatable bonds is 8. The molecule has 0 bridgehead atoms. The first-order valence-corrected chi connectivity index (χ1v) is 12.1. The van der Waals surface area contributed by atoms with Crippen molar-refractivity contribution in [2.45, 2.75) is 12.8 Å². The number of anilines is 1. The summed E-state index contributed by atoms with van der Waals surface area (Å²) < 4.78 is 1.82. The Kier molecular flexibility index (Phi) is 6.68. The number of amides is 1. The second-order valence-electron chi connectivity index (χ2n) is 8.52. The summed E-state index contributed by atoms with van der Waals surface area (Å²) in [5.74, 6) is 0.814. The molecule has 0 aliphatic carbocycles. The first-order valence-electron chi connectivity index (χ1n) is 11.7. The molecule has 1 amide bonds. The molecular weight excluding hydrogens is 457 g/mol. The number of benzene rings is 3. The van der Waals surface area contributed by atoms with Crippen molar-refractivity contribution < 1.29 is 4.79 Å². The molecule has 0 atom stereocenters. The van der Waals surface area contributed by atoms with E-state index in [2.05, 4.69) is 15.7 Å². The van der Waals surface area contributed by atoms with Crippen LogP contribution in [0, 0.1) is 0 Å². The van der Waals surface area contributed by atoms with Crippen molar-refractivity contribution in [3.63, 3.8) is 0 Å². The number of halogens is 1. The average molecular weight is 482 g/mol. The van der Waals surface area contributed by atoms with Gasteiger partial charge in [-0.2, -0.15) is 9.61 Å². The molecule has 6 nitrogen and oxygen atoms in total. The Balaban J connectivity index is 1.18. The molecule has 0 radical (unpaired) electrons. The van der Waals surface area contributed by atoms with E-state index >= 15 is 0 Å². The second kappa shape index (κ2) is 10.2. The summed E-state index contributed by atoms with van der Waals surface area (Å²) in [5, 5.41) is 13.8. The van der Waals surface area contributed by atoms with Gasteiger partial charge in [-0.3, -0.25) is 4.79 Å². The molecule has 35 heavy (non-hydrogen) atoms. The van der Waals surface area contributed by atoms with Gasteiger partial charge in [0.25, 0.3) is 5.91 Å². The second-order valence-corrected chi connectivity index (χ2v) is 8.93. The minimum atomic E-state index is -0.0454. The lowest BCUT2D eigenvalue weighted by atomic mass is 10.0. The number of nitrogens with zero attached hydrogens (tertiary/aromatic N) is 3. The number of carbonyl (C=O) groups excluding carboxylic acids is 1. The maximum absolute atomic E-state index is 12.5. The molecule has 2 N–H and O–H groups in total. The highest BCUT2D eigenvalue weighted by atomic mass is 35.5. The van der Waals surface area contributed by atoms with Gasteiger partial charge in [-0.05, 0) is 47.3 Å². The van der Waals surface area contributed by atoms with E-state index in [0.29, 0.717) is 17.1 Å². The number of carbonyl (C=O) groups is 1. The normalized spacial score (nSPS) is 11.1. The maximum atomic E-state index is 12.5. The fourth-order valence-electron chi connectivity index (χ4n) is 4.11. The van der Waals surface area contributed by atoms with Crippen LogP contribution in [0.15, 0.2) is 79.0 Å². The summed E-state index contributed by atoms with van der Waals surface area (Å²) in [6.07, 6.45) is 3.56. The van der Waals surface area contributed by atoms with E-state index in [1.165, 1.54) is 0 Å². The third-order valence-electron chi connectivity index (χ3n) is 6.00. The van der Waals surface area contributed by atoms with Crippen LogP contribution in [-0.2, 0) is 0 Å². The number of hydrogen-bond donors (Lipinski definition) is 2. The fraction of sp³-hybridized carbons (Fsp3) is 0.148. The lowest BCUT2D eigenvalue weighted by molar-refractivity contribution is 0.0953. The monoisotopic (exact) mass is 481 g/mol. The van der Waals surface area contributed by atoms with E-state index in [4.69, 9.17) is 16.6 Å². The van der Waals surface area contributed by atoms with Crippen molar-refractivity contribution in [3.05, 3.63) is 89.6 Å². The maximum Gasteiger partial charge on any atom is 0.251 e. The van der Waals surface area contributed by atoms with Gasteiger partial charge in [-0.15, -0.1) is 0 Å². The zero-order valence-corrected chi connectivity index (χ0v) is 20.2. The van der Waals surface area contributed by atoms with Crippen molar-refractivity contribution in [2.75, 3.05) is 18.4 Å². The Bertz CT molecular complexity index is 1520. The molecule has 5 rings (SSSR count). The molecule has 174 valence electrons. The van der Waals surface area contributed by atoms with Gasteiger partial charge in [0.1, 0.15) is 13.7 Å². The number of aromatic nitrogens is 3. The van der Waals surface area contributed by atoms with E-state index in [1.54, 1.807) is 0 Å². The summed E-state index contributed by atoms with van der Waals surface area (Å²) >= 11 is 6.42. The zero-order valence-electron chi connectivity index (χ0n) is 19.5. The standard InChI is InChI=1S/C27H25BClN5O/c28-22-17-32-34-25(16-24(33-26(22)34)21-9-3-4-10-23(21)29)30-13-5-6-14-31-27(35)20-12-11-18-7-1-2-8-19(18)15-20/h1-4,7-12,15-17,30H,5-6,13-14,28H2,(H,31,35). The lowest BCUT2D eigenvalue weighted by Gasteiger charge is -2.12. The molecule has 0 saturated carbocycles. The zero-order chi connectivity index (χ0) is 24.2. The molecule has 0 spiro atoms. The third kappa shape index (κ3) is 5.00. The van der Waals surface area contributed by atoms with Crippen LogP contribution in [-0.4, -0.2) is 41.4 Å². The van der Waals surface area contributed by atoms with E-state index < -0.39 is 0 Å². The summed E-state index contributed by atoms with van der Waals surface area (Å²) in [7, 11) is 1.99. The van der Waals surface area contributed by atoms with E-state index in [0.717, 1.165) is 58.3 Å². The molecular formula is C27H25BClN5O. The molecule has 3 aromatic carbocycles. The molecule has 0 aliphatic rings. The predicted octanol–water partition coefficient (Wildman–Crippen LogP) is 4.08. The molecule has 8 heteroatoms. The van der Waals surface area contributed by atoms with Crippen LogP contribution in [0.2, 0.25) is 5.02 Å². The van der Waals surface area contributed by atoms with E-state index in [-0.39, 0.29) is 5.91 Å². The summed E-state index contributed by atoms with van der Waals surface area (Å²) in [6, 6.07) is 23.5. The Labute approximate surface area is 209 Å². The van der Waals surface area contributed by atoms with Crippen molar-refractivity contribution >= 4 is 53.1 Å². The predicted molar refractivity (Wildman–Crippen MR) is 146 cm³/mol. The number of unbranched alkanes of at least 4 members (excludes halogenated alkanes) is 1. The van der Waals surface area contributed by atoms with Gasteiger partial charge < -0.3 is 10.6 Å². The first kappa shape index (κ1) is 22.9. The lowest BCUT2D eigenvalue weighted by Crippen LogP contribution is -2.24. The quantitative estimate of drug-likeness (QED) is 0.259. The van der Waals surface area contributed by atoms with Crippen LogP contribution in [0.1, 0.15) is 23.2 Å². The Morgan fingerprint density at radius 1 is 0.943 bits per heavy atom. The molecule has 0 unspecified atom stereocenters. The van der Waals surface area contributed by atoms with Crippen LogP contribution in [0.25, 0.3) is 27.7 Å². The van der Waals surface area contributed by atoms with Crippen molar-refractivity contribution in [3.8, 4) is 11.3 Å².